The standard InChI is InChI=1S/C6H11N3O5/c1-2(10)3(11)4(12)5(13)6(14)8-9-7/h2-5,10-13H,1H3/t2-,3+,4+,5-/m0/s1. The second kappa shape index (κ2) is 5.53. The number of hydrogen-bond acceptors (Lipinski definition) is 5. The number of hydrogen-bond donors (Lipinski definition) is 4. The van der Waals surface area contributed by atoms with E-state index in [4.69, 9.17) is 26.0 Å². The van der Waals surface area contributed by atoms with E-state index in [9.17, 15) is 4.79 Å². The molecule has 8 nitrogen and oxygen atoms in total. The molecule has 0 aliphatic rings. The molecular formula is C6H11N3O5. The van der Waals surface area contributed by atoms with Crippen LogP contribution in [0.3, 0.4) is 0 Å². The van der Waals surface area contributed by atoms with Gasteiger partial charge in [-0.05, 0) is 17.6 Å². The largest absolute Gasteiger partial charge is 0.391 e. The zero-order valence-corrected chi connectivity index (χ0v) is 7.35. The maximum Gasteiger partial charge on any atom is 0.250 e. The van der Waals surface area contributed by atoms with Gasteiger partial charge in [0.2, 0.25) is 5.91 Å². The van der Waals surface area contributed by atoms with Crippen LogP contribution in [0.25, 0.3) is 10.4 Å². The molecule has 0 aliphatic heterocycles. The average molecular weight is 205 g/mol. The van der Waals surface area contributed by atoms with Crippen molar-refractivity contribution in [2.75, 3.05) is 0 Å². The average Bonchev–Trinajstić information content (AvgIpc) is 2.14. The third-order valence-corrected chi connectivity index (χ3v) is 1.56. The molecule has 14 heavy (non-hydrogen) atoms. The molecule has 0 saturated heterocycles. The van der Waals surface area contributed by atoms with Gasteiger partial charge in [0, 0.05) is 4.91 Å². The molecule has 0 rings (SSSR count). The van der Waals surface area contributed by atoms with E-state index in [2.05, 4.69) is 10.0 Å². The summed E-state index contributed by atoms with van der Waals surface area (Å²) in [7, 11) is 0. The number of rotatable bonds is 4. The quantitative estimate of drug-likeness (QED) is 0.245. The second-order valence-corrected chi connectivity index (χ2v) is 2.69. The summed E-state index contributed by atoms with van der Waals surface area (Å²) < 4.78 is 0. The summed E-state index contributed by atoms with van der Waals surface area (Å²) >= 11 is 0. The predicted molar refractivity (Wildman–Crippen MR) is 43.9 cm³/mol. The van der Waals surface area contributed by atoms with E-state index in [1.807, 2.05) is 0 Å². The fourth-order valence-corrected chi connectivity index (χ4v) is 0.721. The number of carbonyl (C=O) groups is 1. The summed E-state index contributed by atoms with van der Waals surface area (Å²) in [4.78, 5) is 12.8. The molecule has 0 spiro atoms. The van der Waals surface area contributed by atoms with Crippen molar-refractivity contribution in [2.45, 2.75) is 31.3 Å². The van der Waals surface area contributed by atoms with Crippen molar-refractivity contribution in [3.63, 3.8) is 0 Å². The predicted octanol–water partition coefficient (Wildman–Crippen LogP) is -1.71. The van der Waals surface area contributed by atoms with Crippen LogP contribution in [0, 0.1) is 0 Å². The topological polar surface area (TPSA) is 147 Å². The van der Waals surface area contributed by atoms with Gasteiger partial charge >= 0.3 is 0 Å². The van der Waals surface area contributed by atoms with Crippen molar-refractivity contribution in [1.29, 1.82) is 0 Å². The number of amides is 1. The molecule has 0 aliphatic carbocycles. The molecule has 0 bridgehead atoms. The van der Waals surface area contributed by atoms with Gasteiger partial charge < -0.3 is 20.4 Å². The molecule has 0 unspecified atom stereocenters. The Kier molecular flexibility index (Phi) is 5.06. The van der Waals surface area contributed by atoms with Crippen LogP contribution >= 0.6 is 0 Å². The molecular weight excluding hydrogens is 194 g/mol. The maximum atomic E-state index is 10.7. The Bertz CT molecular complexity index is 250. The molecule has 0 radical (unpaired) electrons. The Labute approximate surface area is 79.0 Å². The minimum Gasteiger partial charge on any atom is -0.391 e. The molecule has 0 aromatic heterocycles. The van der Waals surface area contributed by atoms with E-state index in [1.165, 1.54) is 6.92 Å². The van der Waals surface area contributed by atoms with Gasteiger partial charge in [0.1, 0.15) is 18.3 Å². The van der Waals surface area contributed by atoms with E-state index < -0.39 is 30.3 Å². The highest BCUT2D eigenvalue weighted by molar-refractivity contribution is 5.81. The minimum atomic E-state index is -2.05. The highest BCUT2D eigenvalue weighted by Crippen LogP contribution is 2.06. The van der Waals surface area contributed by atoms with Gasteiger partial charge in [-0.2, -0.15) is 0 Å². The fraction of sp³-hybridized carbons (Fsp3) is 0.833. The third-order valence-electron chi connectivity index (χ3n) is 1.56. The molecule has 0 fully saturated rings. The van der Waals surface area contributed by atoms with E-state index >= 15 is 0 Å². The lowest BCUT2D eigenvalue weighted by atomic mass is 10.0. The summed E-state index contributed by atoms with van der Waals surface area (Å²) in [6.45, 7) is 1.17. The van der Waals surface area contributed by atoms with Crippen LogP contribution in [-0.2, 0) is 4.79 Å². The molecule has 1 amide bonds. The number of aliphatic hydroxyl groups excluding tert-OH is 4. The SMILES string of the molecule is C[C@H](O)[C@@H](O)[C@@H](O)[C@H](O)C(=O)N=[N+]=[N-]. The Balaban J connectivity index is 4.45. The van der Waals surface area contributed by atoms with Crippen LogP contribution in [0.2, 0.25) is 0 Å². The molecule has 8 heteroatoms. The number of nitrogens with zero attached hydrogens (tertiary/aromatic N) is 3. The normalized spacial score (nSPS) is 18.9. The second-order valence-electron chi connectivity index (χ2n) is 2.69. The summed E-state index contributed by atoms with van der Waals surface area (Å²) in [6, 6.07) is 0. The van der Waals surface area contributed by atoms with Gasteiger partial charge in [-0.3, -0.25) is 4.79 Å². The fourth-order valence-electron chi connectivity index (χ4n) is 0.721. The lowest BCUT2D eigenvalue weighted by Crippen LogP contribution is -2.46. The van der Waals surface area contributed by atoms with Crippen molar-refractivity contribution in [1.82, 2.24) is 0 Å². The van der Waals surface area contributed by atoms with Crippen molar-refractivity contribution in [3.05, 3.63) is 10.4 Å². The Hall–Kier alpha value is -1.18. The van der Waals surface area contributed by atoms with Crippen LogP contribution in [-0.4, -0.2) is 50.7 Å². The molecule has 4 atom stereocenters. The molecule has 0 aromatic rings. The van der Waals surface area contributed by atoms with Crippen molar-refractivity contribution in [3.8, 4) is 0 Å². The van der Waals surface area contributed by atoms with Crippen molar-refractivity contribution in [2.24, 2.45) is 5.11 Å². The number of azide groups is 1. The van der Waals surface area contributed by atoms with Gasteiger partial charge in [-0.25, -0.2) is 0 Å². The smallest absolute Gasteiger partial charge is 0.250 e. The highest BCUT2D eigenvalue weighted by atomic mass is 16.4. The molecule has 0 aromatic carbocycles. The highest BCUT2D eigenvalue weighted by Gasteiger charge is 2.31. The number of aliphatic hydroxyl groups is 4. The minimum absolute atomic E-state index is 1.17. The zero-order valence-electron chi connectivity index (χ0n) is 7.35. The first kappa shape index (κ1) is 12.8. The summed E-state index contributed by atoms with van der Waals surface area (Å²) in [6.07, 6.45) is -6.95. The van der Waals surface area contributed by atoms with Crippen LogP contribution in [0.1, 0.15) is 6.92 Å². The van der Waals surface area contributed by atoms with E-state index in [-0.39, 0.29) is 0 Å². The van der Waals surface area contributed by atoms with E-state index in [0.29, 0.717) is 0 Å². The Morgan fingerprint density at radius 3 is 2.14 bits per heavy atom. The first-order chi connectivity index (χ1) is 6.41. The van der Waals surface area contributed by atoms with Crippen molar-refractivity contribution >= 4 is 5.91 Å². The molecule has 4 N–H and O–H groups in total. The van der Waals surface area contributed by atoms with Gasteiger partial charge in [0.05, 0.1) is 6.10 Å². The first-order valence-corrected chi connectivity index (χ1v) is 3.73. The maximum absolute atomic E-state index is 10.7. The van der Waals surface area contributed by atoms with Gasteiger partial charge in [-0.15, -0.1) is 0 Å². The Morgan fingerprint density at radius 1 is 1.29 bits per heavy atom. The van der Waals surface area contributed by atoms with Gasteiger partial charge in [0.15, 0.2) is 0 Å². The van der Waals surface area contributed by atoms with Crippen LogP contribution in [0.15, 0.2) is 5.11 Å². The lowest BCUT2D eigenvalue weighted by molar-refractivity contribution is -0.142. The van der Waals surface area contributed by atoms with Gasteiger partial charge in [-0.1, -0.05) is 0 Å². The van der Waals surface area contributed by atoms with Gasteiger partial charge in [0.25, 0.3) is 0 Å². The summed E-state index contributed by atoms with van der Waals surface area (Å²) in [5, 5.41) is 38.5. The molecule has 0 saturated carbocycles. The van der Waals surface area contributed by atoms with Crippen molar-refractivity contribution < 1.29 is 25.2 Å². The first-order valence-electron chi connectivity index (χ1n) is 3.73. The van der Waals surface area contributed by atoms with E-state index in [1.54, 1.807) is 0 Å². The third kappa shape index (κ3) is 3.29. The van der Waals surface area contributed by atoms with Crippen LogP contribution in [0.5, 0.6) is 0 Å². The summed E-state index contributed by atoms with van der Waals surface area (Å²) in [5.41, 5.74) is 7.85. The number of carbonyl (C=O) groups excluding carboxylic acids is 1. The zero-order chi connectivity index (χ0) is 11.3. The van der Waals surface area contributed by atoms with Crippen LogP contribution in [0.4, 0.5) is 0 Å². The lowest BCUT2D eigenvalue weighted by Gasteiger charge is -2.22. The monoisotopic (exact) mass is 205 g/mol. The van der Waals surface area contributed by atoms with Crippen LogP contribution < -0.4 is 0 Å². The summed E-state index contributed by atoms with van der Waals surface area (Å²) in [5.74, 6) is -1.32. The Morgan fingerprint density at radius 2 is 1.79 bits per heavy atom. The van der Waals surface area contributed by atoms with E-state index in [0.717, 1.165) is 0 Å². The molecule has 0 heterocycles. The molecule has 80 valence electrons.